The third kappa shape index (κ3) is 2.07. The van der Waals surface area contributed by atoms with Gasteiger partial charge < -0.3 is 4.74 Å². The predicted octanol–water partition coefficient (Wildman–Crippen LogP) is 2.17. The van der Waals surface area contributed by atoms with Gasteiger partial charge in [0.2, 0.25) is 0 Å². The van der Waals surface area contributed by atoms with Crippen molar-refractivity contribution in [3.63, 3.8) is 0 Å². The fraction of sp³-hybridized carbons (Fsp3) is 0.900. The van der Waals surface area contributed by atoms with Crippen LogP contribution in [-0.2, 0) is 9.53 Å². The van der Waals surface area contributed by atoms with Crippen LogP contribution in [0.4, 0.5) is 0 Å². The fourth-order valence-electron chi connectivity index (χ4n) is 1.69. The lowest BCUT2D eigenvalue weighted by Crippen LogP contribution is -2.38. The Hall–Kier alpha value is -0.370. The summed E-state index contributed by atoms with van der Waals surface area (Å²) in [4.78, 5) is 11.2. The van der Waals surface area contributed by atoms with E-state index >= 15 is 0 Å². The minimum atomic E-state index is 0.142. The second-order valence-electron chi connectivity index (χ2n) is 4.18. The molecule has 1 aliphatic rings. The van der Waals surface area contributed by atoms with E-state index in [2.05, 4.69) is 13.8 Å². The number of hydrogen-bond acceptors (Lipinski definition) is 2. The molecule has 2 heteroatoms. The van der Waals surface area contributed by atoms with Crippen molar-refractivity contribution < 1.29 is 9.53 Å². The van der Waals surface area contributed by atoms with E-state index in [4.69, 9.17) is 4.74 Å². The van der Waals surface area contributed by atoms with E-state index in [1.165, 1.54) is 0 Å². The predicted molar refractivity (Wildman–Crippen MR) is 48.1 cm³/mol. The summed E-state index contributed by atoms with van der Waals surface area (Å²) in [6.45, 7) is 7.05. The van der Waals surface area contributed by atoms with E-state index < -0.39 is 0 Å². The second kappa shape index (κ2) is 3.56. The minimum Gasteiger partial charge on any atom is -0.377 e. The highest BCUT2D eigenvalue weighted by Crippen LogP contribution is 2.35. The summed E-state index contributed by atoms with van der Waals surface area (Å²) in [5.41, 5.74) is 0.184. The molecule has 70 valence electrons. The van der Waals surface area contributed by atoms with E-state index in [-0.39, 0.29) is 11.5 Å². The maximum Gasteiger partial charge on any atom is 0.135 e. The molecule has 0 aromatic heterocycles. The van der Waals surface area contributed by atoms with E-state index in [0.29, 0.717) is 18.8 Å². The first kappa shape index (κ1) is 9.72. The number of carbonyl (C=O) groups is 1. The third-order valence-corrected chi connectivity index (χ3v) is 2.70. The fourth-order valence-corrected chi connectivity index (χ4v) is 1.69. The SMILES string of the molecule is CCOC1CC(=O)CCC1(C)C. The molecule has 0 saturated heterocycles. The maximum absolute atomic E-state index is 11.2. The van der Waals surface area contributed by atoms with Crippen LogP contribution >= 0.6 is 0 Å². The molecule has 1 saturated carbocycles. The number of hydrogen-bond donors (Lipinski definition) is 0. The Balaban J connectivity index is 2.58. The lowest BCUT2D eigenvalue weighted by Gasteiger charge is -2.37. The highest BCUT2D eigenvalue weighted by Gasteiger charge is 2.35. The molecule has 1 rings (SSSR count). The van der Waals surface area contributed by atoms with Crippen LogP contribution < -0.4 is 0 Å². The zero-order chi connectivity index (χ0) is 9.19. The van der Waals surface area contributed by atoms with Gasteiger partial charge in [0.05, 0.1) is 6.10 Å². The molecule has 1 aliphatic carbocycles. The average molecular weight is 170 g/mol. The molecule has 0 aromatic carbocycles. The molecule has 0 amide bonds. The Morgan fingerprint density at radius 1 is 1.58 bits per heavy atom. The molecule has 1 atom stereocenters. The monoisotopic (exact) mass is 170 g/mol. The Bertz CT molecular complexity index is 173. The zero-order valence-corrected chi connectivity index (χ0v) is 8.22. The highest BCUT2D eigenvalue weighted by molar-refractivity contribution is 5.79. The van der Waals surface area contributed by atoms with Crippen molar-refractivity contribution >= 4 is 5.78 Å². The number of carbonyl (C=O) groups excluding carboxylic acids is 1. The lowest BCUT2D eigenvalue weighted by atomic mass is 9.74. The van der Waals surface area contributed by atoms with Gasteiger partial charge in [-0.25, -0.2) is 0 Å². The van der Waals surface area contributed by atoms with Crippen LogP contribution in [0.25, 0.3) is 0 Å². The van der Waals surface area contributed by atoms with Gasteiger partial charge in [0.1, 0.15) is 5.78 Å². The molecule has 0 aliphatic heterocycles. The quantitative estimate of drug-likeness (QED) is 0.635. The molecule has 2 nitrogen and oxygen atoms in total. The Morgan fingerprint density at radius 2 is 2.25 bits per heavy atom. The van der Waals surface area contributed by atoms with Gasteiger partial charge in [0, 0.05) is 19.4 Å². The highest BCUT2D eigenvalue weighted by atomic mass is 16.5. The Morgan fingerprint density at radius 3 is 2.83 bits per heavy atom. The summed E-state index contributed by atoms with van der Waals surface area (Å²) in [6, 6.07) is 0. The van der Waals surface area contributed by atoms with Gasteiger partial charge >= 0.3 is 0 Å². The normalized spacial score (nSPS) is 28.9. The number of Topliss-reactive ketones (excluding diaryl/α,β-unsaturated/α-hetero) is 1. The van der Waals surface area contributed by atoms with Gasteiger partial charge in [-0.1, -0.05) is 13.8 Å². The first-order chi connectivity index (χ1) is 5.56. The summed E-state index contributed by atoms with van der Waals surface area (Å²) >= 11 is 0. The van der Waals surface area contributed by atoms with Crippen LogP contribution in [0.15, 0.2) is 0 Å². The van der Waals surface area contributed by atoms with Crippen molar-refractivity contribution in [3.8, 4) is 0 Å². The summed E-state index contributed by atoms with van der Waals surface area (Å²) in [5, 5.41) is 0. The number of ether oxygens (including phenoxy) is 1. The van der Waals surface area contributed by atoms with Crippen LogP contribution in [0.2, 0.25) is 0 Å². The van der Waals surface area contributed by atoms with Crippen LogP contribution in [0.3, 0.4) is 0 Å². The van der Waals surface area contributed by atoms with Gasteiger partial charge in [-0.05, 0) is 18.8 Å². The van der Waals surface area contributed by atoms with E-state index in [0.717, 1.165) is 12.8 Å². The van der Waals surface area contributed by atoms with Crippen LogP contribution in [0.5, 0.6) is 0 Å². The Kier molecular flexibility index (Phi) is 2.89. The molecule has 0 radical (unpaired) electrons. The first-order valence-corrected chi connectivity index (χ1v) is 4.69. The van der Waals surface area contributed by atoms with E-state index in [9.17, 15) is 4.79 Å². The van der Waals surface area contributed by atoms with Crippen molar-refractivity contribution in [1.29, 1.82) is 0 Å². The minimum absolute atomic E-state index is 0.142. The summed E-state index contributed by atoms with van der Waals surface area (Å²) in [6.07, 6.45) is 2.46. The van der Waals surface area contributed by atoms with Crippen molar-refractivity contribution in [1.82, 2.24) is 0 Å². The average Bonchev–Trinajstić information content (AvgIpc) is 1.98. The standard InChI is InChI=1S/C10H18O2/c1-4-12-9-7-8(11)5-6-10(9,2)3/h9H,4-7H2,1-3H3. The van der Waals surface area contributed by atoms with Gasteiger partial charge in [-0.3, -0.25) is 4.79 Å². The van der Waals surface area contributed by atoms with Crippen LogP contribution in [0.1, 0.15) is 40.0 Å². The van der Waals surface area contributed by atoms with Gasteiger partial charge in [0.15, 0.2) is 0 Å². The molecule has 0 N–H and O–H groups in total. The largest absolute Gasteiger partial charge is 0.377 e. The summed E-state index contributed by atoms with van der Waals surface area (Å²) in [7, 11) is 0. The smallest absolute Gasteiger partial charge is 0.135 e. The van der Waals surface area contributed by atoms with E-state index in [1.54, 1.807) is 0 Å². The molecule has 0 aromatic rings. The molecular formula is C10H18O2. The molecule has 0 heterocycles. The second-order valence-corrected chi connectivity index (χ2v) is 4.18. The van der Waals surface area contributed by atoms with Crippen LogP contribution in [-0.4, -0.2) is 18.5 Å². The Labute approximate surface area is 74.3 Å². The summed E-state index contributed by atoms with van der Waals surface area (Å²) in [5.74, 6) is 0.354. The molecular weight excluding hydrogens is 152 g/mol. The molecule has 0 spiro atoms. The van der Waals surface area contributed by atoms with Gasteiger partial charge in [-0.2, -0.15) is 0 Å². The molecule has 12 heavy (non-hydrogen) atoms. The molecule has 1 fully saturated rings. The maximum atomic E-state index is 11.2. The molecule has 0 bridgehead atoms. The summed E-state index contributed by atoms with van der Waals surface area (Å²) < 4.78 is 5.55. The van der Waals surface area contributed by atoms with Crippen molar-refractivity contribution in [2.45, 2.75) is 46.1 Å². The van der Waals surface area contributed by atoms with Crippen molar-refractivity contribution in [3.05, 3.63) is 0 Å². The van der Waals surface area contributed by atoms with Crippen LogP contribution in [0, 0.1) is 5.41 Å². The van der Waals surface area contributed by atoms with E-state index in [1.807, 2.05) is 6.92 Å². The number of ketones is 1. The lowest BCUT2D eigenvalue weighted by molar-refractivity contribution is -0.131. The van der Waals surface area contributed by atoms with Gasteiger partial charge in [-0.15, -0.1) is 0 Å². The number of rotatable bonds is 2. The third-order valence-electron chi connectivity index (χ3n) is 2.70. The van der Waals surface area contributed by atoms with Gasteiger partial charge in [0.25, 0.3) is 0 Å². The zero-order valence-electron chi connectivity index (χ0n) is 8.22. The topological polar surface area (TPSA) is 26.3 Å². The van der Waals surface area contributed by atoms with Crippen molar-refractivity contribution in [2.75, 3.05) is 6.61 Å². The van der Waals surface area contributed by atoms with Crippen molar-refractivity contribution in [2.24, 2.45) is 5.41 Å². The first-order valence-electron chi connectivity index (χ1n) is 4.69. The molecule has 1 unspecified atom stereocenters.